The van der Waals surface area contributed by atoms with Gasteiger partial charge >= 0.3 is 6.03 Å². The number of carbonyl (C=O) groups excluding carboxylic acids is 1. The normalized spacial score (nSPS) is 11.1. The summed E-state index contributed by atoms with van der Waals surface area (Å²) in [5, 5.41) is 15.9. The highest BCUT2D eigenvalue weighted by Crippen LogP contribution is 2.38. The summed E-state index contributed by atoms with van der Waals surface area (Å²) in [5.41, 5.74) is 2.75. The van der Waals surface area contributed by atoms with Crippen molar-refractivity contribution in [3.8, 4) is 11.5 Å². The molecule has 0 bridgehead atoms. The van der Waals surface area contributed by atoms with Gasteiger partial charge in [-0.3, -0.25) is 0 Å². The van der Waals surface area contributed by atoms with Gasteiger partial charge in [0.25, 0.3) is 0 Å². The van der Waals surface area contributed by atoms with E-state index in [-0.39, 0.29) is 21.1 Å². The fourth-order valence-corrected chi connectivity index (χ4v) is 4.83. The van der Waals surface area contributed by atoms with Gasteiger partial charge in [0.15, 0.2) is 0 Å². The molecule has 0 heterocycles. The van der Waals surface area contributed by atoms with Crippen molar-refractivity contribution in [2.45, 2.75) is 30.6 Å². The summed E-state index contributed by atoms with van der Waals surface area (Å²) in [6.07, 6.45) is 0. The SMILES string of the molecule is COc1ccc(S(=O)(=O)c2c(O)cc(C)c(NC(=O)Nc3ccc(C)cc3)c2C)cc1. The average Bonchev–Trinajstić information content (AvgIpc) is 2.72. The minimum absolute atomic E-state index is 0.00519. The summed E-state index contributed by atoms with van der Waals surface area (Å²) in [6.45, 7) is 5.17. The first kappa shape index (κ1) is 22.2. The van der Waals surface area contributed by atoms with Crippen LogP contribution in [0.25, 0.3) is 0 Å². The number of sulfone groups is 1. The molecular weight excluding hydrogens is 416 g/mol. The average molecular weight is 441 g/mol. The van der Waals surface area contributed by atoms with E-state index in [4.69, 9.17) is 4.74 Å². The lowest BCUT2D eigenvalue weighted by Gasteiger charge is -2.18. The second kappa shape index (κ2) is 8.69. The van der Waals surface area contributed by atoms with Gasteiger partial charge in [0.05, 0.1) is 12.0 Å². The van der Waals surface area contributed by atoms with Crippen LogP contribution in [-0.2, 0) is 9.84 Å². The Kier molecular flexibility index (Phi) is 6.21. The molecule has 0 spiro atoms. The molecule has 0 unspecified atom stereocenters. The topological polar surface area (TPSA) is 105 Å². The third kappa shape index (κ3) is 4.64. The van der Waals surface area contributed by atoms with Gasteiger partial charge in [-0.15, -0.1) is 0 Å². The number of aryl methyl sites for hydroxylation is 2. The van der Waals surface area contributed by atoms with Crippen molar-refractivity contribution in [3.05, 3.63) is 71.3 Å². The second-order valence-corrected chi connectivity index (χ2v) is 9.05. The molecule has 0 radical (unpaired) electrons. The van der Waals surface area contributed by atoms with E-state index in [9.17, 15) is 18.3 Å². The van der Waals surface area contributed by atoms with Crippen LogP contribution in [0, 0.1) is 20.8 Å². The van der Waals surface area contributed by atoms with Crippen LogP contribution >= 0.6 is 0 Å². The van der Waals surface area contributed by atoms with Crippen LogP contribution in [0.5, 0.6) is 11.5 Å². The van der Waals surface area contributed by atoms with Crippen molar-refractivity contribution in [2.75, 3.05) is 17.7 Å². The number of methoxy groups -OCH3 is 1. The number of rotatable bonds is 5. The molecule has 0 aliphatic rings. The maximum absolute atomic E-state index is 13.2. The van der Waals surface area contributed by atoms with E-state index < -0.39 is 15.9 Å². The lowest BCUT2D eigenvalue weighted by Crippen LogP contribution is -2.21. The van der Waals surface area contributed by atoms with Gasteiger partial charge in [0.2, 0.25) is 9.84 Å². The number of phenolic OH excluding ortho intramolecular Hbond substituents is 1. The highest BCUT2D eigenvalue weighted by molar-refractivity contribution is 7.91. The quantitative estimate of drug-likeness (QED) is 0.494. The molecule has 31 heavy (non-hydrogen) atoms. The number of nitrogens with one attached hydrogen (secondary N) is 2. The number of anilines is 2. The molecule has 3 N–H and O–H groups in total. The zero-order chi connectivity index (χ0) is 22.8. The van der Waals surface area contributed by atoms with Gasteiger partial charge < -0.3 is 20.5 Å². The predicted molar refractivity (Wildman–Crippen MR) is 120 cm³/mol. The predicted octanol–water partition coefficient (Wildman–Crippen LogP) is 4.80. The van der Waals surface area contributed by atoms with Gasteiger partial charge in [0.1, 0.15) is 16.4 Å². The van der Waals surface area contributed by atoms with E-state index in [2.05, 4.69) is 10.6 Å². The Hall–Kier alpha value is -3.52. The van der Waals surface area contributed by atoms with E-state index >= 15 is 0 Å². The number of hydrogen-bond donors (Lipinski definition) is 3. The minimum Gasteiger partial charge on any atom is -0.507 e. The zero-order valence-electron chi connectivity index (χ0n) is 17.7. The zero-order valence-corrected chi connectivity index (χ0v) is 18.5. The molecule has 3 aromatic carbocycles. The molecule has 162 valence electrons. The van der Waals surface area contributed by atoms with E-state index in [1.54, 1.807) is 26.0 Å². The maximum atomic E-state index is 13.2. The molecular formula is C23H24N2O5S. The molecule has 0 atom stereocenters. The van der Waals surface area contributed by atoms with Crippen LogP contribution in [0.3, 0.4) is 0 Å². The lowest BCUT2D eigenvalue weighted by molar-refractivity contribution is 0.262. The first-order chi connectivity index (χ1) is 14.6. The Morgan fingerprint density at radius 3 is 2.13 bits per heavy atom. The number of urea groups is 1. The number of ether oxygens (including phenoxy) is 1. The molecule has 3 rings (SSSR count). The number of aromatic hydroxyl groups is 1. The Morgan fingerprint density at radius 1 is 0.935 bits per heavy atom. The van der Waals surface area contributed by atoms with Crippen LogP contribution in [-0.4, -0.2) is 26.7 Å². The summed E-state index contributed by atoms with van der Waals surface area (Å²) in [7, 11) is -2.56. The Morgan fingerprint density at radius 2 is 1.55 bits per heavy atom. The highest BCUT2D eigenvalue weighted by atomic mass is 32.2. The van der Waals surface area contributed by atoms with Crippen LogP contribution in [0.4, 0.5) is 16.2 Å². The third-order valence-corrected chi connectivity index (χ3v) is 6.83. The molecule has 0 aromatic heterocycles. The number of carbonyl (C=O) groups is 1. The van der Waals surface area contributed by atoms with Crippen molar-refractivity contribution in [1.29, 1.82) is 0 Å². The summed E-state index contributed by atoms with van der Waals surface area (Å²) in [4.78, 5) is 12.3. The van der Waals surface area contributed by atoms with Crippen molar-refractivity contribution in [2.24, 2.45) is 0 Å². The fraction of sp³-hybridized carbons (Fsp3) is 0.174. The van der Waals surface area contributed by atoms with Gasteiger partial charge in [-0.2, -0.15) is 0 Å². The number of hydrogen-bond acceptors (Lipinski definition) is 5. The van der Waals surface area contributed by atoms with Gasteiger partial charge in [-0.25, -0.2) is 13.2 Å². The van der Waals surface area contributed by atoms with Crippen LogP contribution in [0.1, 0.15) is 16.7 Å². The molecule has 0 aliphatic heterocycles. The number of benzene rings is 3. The van der Waals surface area contributed by atoms with Gasteiger partial charge in [-0.1, -0.05) is 17.7 Å². The van der Waals surface area contributed by atoms with Crippen LogP contribution < -0.4 is 15.4 Å². The molecule has 0 saturated heterocycles. The number of phenols is 1. The van der Waals surface area contributed by atoms with Crippen molar-refractivity contribution >= 4 is 27.2 Å². The van der Waals surface area contributed by atoms with E-state index in [1.807, 2.05) is 19.1 Å². The standard InChI is InChI=1S/C23H24N2O5S/c1-14-5-7-17(8-6-14)24-23(27)25-21-15(2)13-20(26)22(16(21)3)31(28,29)19-11-9-18(30-4)10-12-19/h5-13,26H,1-4H3,(H2,24,25,27). The van der Waals surface area contributed by atoms with Gasteiger partial charge in [0, 0.05) is 11.4 Å². The van der Waals surface area contributed by atoms with Crippen molar-refractivity contribution < 1.29 is 23.1 Å². The highest BCUT2D eigenvalue weighted by Gasteiger charge is 2.27. The summed E-state index contributed by atoms with van der Waals surface area (Å²) in [6, 6.07) is 13.9. The first-order valence-electron chi connectivity index (χ1n) is 9.50. The van der Waals surface area contributed by atoms with Crippen LogP contribution in [0.15, 0.2) is 64.4 Å². The fourth-order valence-electron chi connectivity index (χ4n) is 3.26. The molecule has 3 aromatic rings. The summed E-state index contributed by atoms with van der Waals surface area (Å²) >= 11 is 0. The monoisotopic (exact) mass is 440 g/mol. The second-order valence-electron chi connectivity index (χ2n) is 7.17. The van der Waals surface area contributed by atoms with E-state index in [0.717, 1.165) is 5.56 Å². The first-order valence-corrected chi connectivity index (χ1v) is 11.0. The minimum atomic E-state index is -4.04. The number of amides is 2. The smallest absolute Gasteiger partial charge is 0.323 e. The van der Waals surface area contributed by atoms with Crippen molar-refractivity contribution in [1.82, 2.24) is 0 Å². The van der Waals surface area contributed by atoms with Crippen LogP contribution in [0.2, 0.25) is 0 Å². The van der Waals surface area contributed by atoms with Crippen molar-refractivity contribution in [3.63, 3.8) is 0 Å². The Labute approximate surface area is 181 Å². The largest absolute Gasteiger partial charge is 0.507 e. The van der Waals surface area contributed by atoms with E-state index in [0.29, 0.717) is 22.7 Å². The Bertz CT molecular complexity index is 1220. The molecule has 0 fully saturated rings. The van der Waals surface area contributed by atoms with E-state index in [1.165, 1.54) is 37.4 Å². The third-order valence-electron chi connectivity index (χ3n) is 4.88. The summed E-state index contributed by atoms with van der Waals surface area (Å²) < 4.78 is 31.5. The lowest BCUT2D eigenvalue weighted by atomic mass is 10.1. The Balaban J connectivity index is 1.97. The molecule has 8 heteroatoms. The molecule has 0 aliphatic carbocycles. The molecule has 0 saturated carbocycles. The molecule has 2 amide bonds. The maximum Gasteiger partial charge on any atom is 0.323 e. The van der Waals surface area contributed by atoms with Gasteiger partial charge in [-0.05, 0) is 74.4 Å². The summed E-state index contributed by atoms with van der Waals surface area (Å²) in [5.74, 6) is 0.134. The molecule has 7 nitrogen and oxygen atoms in total.